The van der Waals surface area contributed by atoms with Crippen molar-refractivity contribution in [1.29, 1.82) is 0 Å². The molecular weight excluding hydrogens is 274 g/mol. The van der Waals surface area contributed by atoms with Crippen molar-refractivity contribution in [3.8, 4) is 16.9 Å². The molecule has 118 valence electrons. The van der Waals surface area contributed by atoms with Crippen LogP contribution in [0.15, 0.2) is 42.5 Å². The third-order valence-corrected chi connectivity index (χ3v) is 3.69. The number of quaternary nitrogens is 1. The van der Waals surface area contributed by atoms with E-state index in [4.69, 9.17) is 0 Å². The maximum Gasteiger partial charge on any atom is 0.132 e. The molecule has 0 aliphatic carbocycles. The molecule has 0 saturated carbocycles. The lowest BCUT2D eigenvalue weighted by atomic mass is 9.83. The van der Waals surface area contributed by atoms with Crippen LogP contribution in [0.1, 0.15) is 31.9 Å². The van der Waals surface area contributed by atoms with E-state index in [1.165, 1.54) is 0 Å². The van der Waals surface area contributed by atoms with Gasteiger partial charge in [-0.05, 0) is 28.7 Å². The second kappa shape index (κ2) is 5.75. The van der Waals surface area contributed by atoms with Gasteiger partial charge in [-0.2, -0.15) is 0 Å². The highest BCUT2D eigenvalue weighted by Crippen LogP contribution is 2.38. The minimum atomic E-state index is -0.463. The fourth-order valence-electron chi connectivity index (χ4n) is 2.50. The average Bonchev–Trinajstić information content (AvgIpc) is 2.39. The number of phenols is 1. The van der Waals surface area contributed by atoms with Gasteiger partial charge in [-0.3, -0.25) is 0 Å². The van der Waals surface area contributed by atoms with Crippen LogP contribution < -0.4 is 0 Å². The average molecular weight is 299 g/mol. The molecule has 2 aromatic carbocycles. The van der Waals surface area contributed by atoms with E-state index < -0.39 is 4.65 Å². The molecule has 0 spiro atoms. The van der Waals surface area contributed by atoms with Crippen molar-refractivity contribution in [3.05, 3.63) is 58.8 Å². The van der Waals surface area contributed by atoms with Gasteiger partial charge >= 0.3 is 0 Å². The number of phenolic OH excluding ortho intramolecular Hbond substituents is 1. The molecule has 3 heteroatoms. The Bertz CT molecular complexity index is 650. The normalized spacial score (nSPS) is 12.5. The summed E-state index contributed by atoms with van der Waals surface area (Å²) in [7, 11) is 3.18. The maximum atomic E-state index is 12.1. The summed E-state index contributed by atoms with van der Waals surface area (Å²) in [6.45, 7) is 6.65. The fraction of sp³-hybridized carbons (Fsp3) is 0.368. The SMILES string of the molecule is CC(C)(C)c1cc(C[N+](C)(C)[O-])c(O)c(-c2ccccc2)c1. The van der Waals surface area contributed by atoms with E-state index in [0.717, 1.165) is 16.7 Å². The van der Waals surface area contributed by atoms with E-state index in [-0.39, 0.29) is 17.7 Å². The predicted octanol–water partition coefficient (Wildman–Crippen LogP) is 4.43. The Morgan fingerprint density at radius 3 is 2.14 bits per heavy atom. The first kappa shape index (κ1) is 16.5. The monoisotopic (exact) mass is 299 g/mol. The number of rotatable bonds is 3. The molecule has 2 aromatic rings. The largest absolute Gasteiger partial charge is 0.633 e. The van der Waals surface area contributed by atoms with Gasteiger partial charge in [0.2, 0.25) is 0 Å². The molecular formula is C19H25NO2. The van der Waals surface area contributed by atoms with Crippen molar-refractivity contribution < 1.29 is 9.75 Å². The zero-order chi connectivity index (χ0) is 16.5. The van der Waals surface area contributed by atoms with Gasteiger partial charge in [0, 0.05) is 11.1 Å². The van der Waals surface area contributed by atoms with Crippen LogP contribution >= 0.6 is 0 Å². The van der Waals surface area contributed by atoms with E-state index in [2.05, 4.69) is 20.8 Å². The van der Waals surface area contributed by atoms with Crippen molar-refractivity contribution >= 4 is 0 Å². The number of aromatic hydroxyl groups is 1. The van der Waals surface area contributed by atoms with Crippen molar-refractivity contribution in [2.24, 2.45) is 0 Å². The van der Waals surface area contributed by atoms with Crippen LogP contribution in [-0.4, -0.2) is 23.8 Å². The molecule has 0 radical (unpaired) electrons. The standard InChI is InChI=1S/C19H25NO2/c1-19(2,3)16-11-15(13-20(4,5)22)18(21)17(12-16)14-9-7-6-8-10-14/h6-12,21H,13H2,1-5H3. The van der Waals surface area contributed by atoms with Crippen molar-refractivity contribution in [1.82, 2.24) is 0 Å². The Labute approximate surface area is 133 Å². The third kappa shape index (κ3) is 3.87. The van der Waals surface area contributed by atoms with E-state index in [1.54, 1.807) is 14.1 Å². The van der Waals surface area contributed by atoms with Crippen LogP contribution in [0, 0.1) is 5.21 Å². The lowest BCUT2D eigenvalue weighted by Crippen LogP contribution is -2.31. The van der Waals surface area contributed by atoms with Gasteiger partial charge in [-0.25, -0.2) is 0 Å². The van der Waals surface area contributed by atoms with Crippen molar-refractivity contribution in [3.63, 3.8) is 0 Å². The lowest BCUT2D eigenvalue weighted by molar-refractivity contribution is -0.853. The van der Waals surface area contributed by atoms with Gasteiger partial charge in [0.1, 0.15) is 12.3 Å². The quantitative estimate of drug-likeness (QED) is 0.673. The molecule has 0 heterocycles. The van der Waals surface area contributed by atoms with Gasteiger partial charge in [0.15, 0.2) is 0 Å². The minimum Gasteiger partial charge on any atom is -0.633 e. The molecule has 2 rings (SSSR count). The summed E-state index contributed by atoms with van der Waals surface area (Å²) >= 11 is 0. The molecule has 0 fully saturated rings. The zero-order valence-electron chi connectivity index (χ0n) is 14.1. The molecule has 0 amide bonds. The van der Waals surface area contributed by atoms with Crippen molar-refractivity contribution in [2.45, 2.75) is 32.7 Å². The van der Waals surface area contributed by atoms with Crippen LogP contribution in [-0.2, 0) is 12.0 Å². The summed E-state index contributed by atoms with van der Waals surface area (Å²) in [5, 5.41) is 22.7. The van der Waals surface area contributed by atoms with Crippen LogP contribution in [0.4, 0.5) is 0 Å². The molecule has 3 nitrogen and oxygen atoms in total. The molecule has 0 aromatic heterocycles. The third-order valence-electron chi connectivity index (χ3n) is 3.69. The highest BCUT2D eigenvalue weighted by atomic mass is 16.5. The molecule has 0 bridgehead atoms. The predicted molar refractivity (Wildman–Crippen MR) is 91.4 cm³/mol. The molecule has 0 aliphatic heterocycles. The number of hydroxylamine groups is 3. The number of hydrogen-bond acceptors (Lipinski definition) is 2. The smallest absolute Gasteiger partial charge is 0.132 e. The molecule has 0 aliphatic rings. The molecule has 0 unspecified atom stereocenters. The highest BCUT2D eigenvalue weighted by Gasteiger charge is 2.21. The van der Waals surface area contributed by atoms with Gasteiger partial charge in [-0.1, -0.05) is 51.1 Å². The van der Waals surface area contributed by atoms with E-state index in [1.807, 2.05) is 42.5 Å². The summed E-state index contributed by atoms with van der Waals surface area (Å²) < 4.78 is -0.463. The Balaban J connectivity index is 2.65. The Morgan fingerprint density at radius 2 is 1.64 bits per heavy atom. The van der Waals surface area contributed by atoms with Gasteiger partial charge in [-0.15, -0.1) is 0 Å². The lowest BCUT2D eigenvalue weighted by Gasteiger charge is -2.34. The molecule has 0 saturated heterocycles. The summed E-state index contributed by atoms with van der Waals surface area (Å²) in [6.07, 6.45) is 0. The molecule has 0 atom stereocenters. The van der Waals surface area contributed by atoms with Crippen LogP contribution in [0.2, 0.25) is 0 Å². The van der Waals surface area contributed by atoms with E-state index >= 15 is 0 Å². The summed E-state index contributed by atoms with van der Waals surface area (Å²) in [5.41, 5.74) is 3.52. The minimum absolute atomic E-state index is 0.0496. The first-order valence-electron chi connectivity index (χ1n) is 7.54. The summed E-state index contributed by atoms with van der Waals surface area (Å²) in [6, 6.07) is 13.8. The van der Waals surface area contributed by atoms with Gasteiger partial charge < -0.3 is 15.0 Å². The van der Waals surface area contributed by atoms with Crippen LogP contribution in [0.3, 0.4) is 0 Å². The second-order valence-electron chi connectivity index (χ2n) is 7.38. The van der Waals surface area contributed by atoms with E-state index in [9.17, 15) is 10.3 Å². The first-order chi connectivity index (χ1) is 10.1. The first-order valence-corrected chi connectivity index (χ1v) is 7.54. The number of nitrogens with zero attached hydrogens (tertiary/aromatic N) is 1. The molecule has 22 heavy (non-hydrogen) atoms. The maximum absolute atomic E-state index is 12.1. The topological polar surface area (TPSA) is 43.3 Å². The number of hydrogen-bond donors (Lipinski definition) is 1. The van der Waals surface area contributed by atoms with E-state index in [0.29, 0.717) is 5.56 Å². The fourth-order valence-corrected chi connectivity index (χ4v) is 2.50. The Hall–Kier alpha value is -1.84. The Morgan fingerprint density at radius 1 is 1.05 bits per heavy atom. The van der Waals surface area contributed by atoms with Gasteiger partial charge in [0.25, 0.3) is 0 Å². The Kier molecular flexibility index (Phi) is 4.32. The van der Waals surface area contributed by atoms with Crippen molar-refractivity contribution in [2.75, 3.05) is 14.1 Å². The molecule has 1 N–H and O–H groups in total. The number of benzene rings is 2. The summed E-state index contributed by atoms with van der Waals surface area (Å²) in [4.78, 5) is 0. The zero-order valence-corrected chi connectivity index (χ0v) is 14.1. The van der Waals surface area contributed by atoms with Crippen LogP contribution in [0.25, 0.3) is 11.1 Å². The highest BCUT2D eigenvalue weighted by molar-refractivity contribution is 5.73. The second-order valence-corrected chi connectivity index (χ2v) is 7.38. The summed E-state index contributed by atoms with van der Waals surface area (Å²) in [5.74, 6) is 0.209. The van der Waals surface area contributed by atoms with Gasteiger partial charge in [0.05, 0.1) is 14.1 Å². The van der Waals surface area contributed by atoms with Crippen LogP contribution in [0.5, 0.6) is 5.75 Å².